The number of ether oxygens (including phenoxy) is 2. The Labute approximate surface area is 162 Å². The summed E-state index contributed by atoms with van der Waals surface area (Å²) in [5.74, 6) is -0.851. The third-order valence-corrected chi connectivity index (χ3v) is 4.33. The molecular weight excluding hydrogens is 365 g/mol. The second kappa shape index (κ2) is 8.38. The van der Waals surface area contributed by atoms with E-state index in [0.717, 1.165) is 18.4 Å². The number of aryl methyl sites for hydroxylation is 1. The van der Waals surface area contributed by atoms with Crippen molar-refractivity contribution in [3.63, 3.8) is 0 Å². The van der Waals surface area contributed by atoms with E-state index in [0.29, 0.717) is 23.1 Å². The number of rotatable bonds is 8. The van der Waals surface area contributed by atoms with Crippen molar-refractivity contribution in [1.29, 1.82) is 0 Å². The first-order valence-electron chi connectivity index (χ1n) is 9.06. The molecule has 0 atom stereocenters. The summed E-state index contributed by atoms with van der Waals surface area (Å²) in [6, 6.07) is 13.3. The Morgan fingerprint density at radius 2 is 1.75 bits per heavy atom. The molecule has 0 amide bonds. The van der Waals surface area contributed by atoms with E-state index in [-0.39, 0.29) is 5.56 Å². The van der Waals surface area contributed by atoms with E-state index < -0.39 is 17.7 Å². The van der Waals surface area contributed by atoms with Crippen LogP contribution in [-0.4, -0.2) is 6.61 Å². The smallest absolute Gasteiger partial charge is 0.426 e. The maximum absolute atomic E-state index is 14.5. The van der Waals surface area contributed by atoms with Gasteiger partial charge in [-0.05, 0) is 72.5 Å². The van der Waals surface area contributed by atoms with Crippen LogP contribution in [0.25, 0.3) is 10.8 Å². The van der Waals surface area contributed by atoms with Crippen molar-refractivity contribution in [1.82, 2.24) is 0 Å². The predicted molar refractivity (Wildman–Crippen MR) is 105 cm³/mol. The minimum atomic E-state index is -3.68. The molecule has 0 unspecified atom stereocenters. The van der Waals surface area contributed by atoms with Gasteiger partial charge < -0.3 is 9.47 Å². The van der Waals surface area contributed by atoms with E-state index in [1.54, 1.807) is 13.0 Å². The first kappa shape index (κ1) is 19.8. The zero-order valence-electron chi connectivity index (χ0n) is 15.6. The average molecular weight is 386 g/mol. The second-order valence-corrected chi connectivity index (χ2v) is 6.37. The third-order valence-electron chi connectivity index (χ3n) is 4.33. The summed E-state index contributed by atoms with van der Waals surface area (Å²) in [7, 11) is 0. The fraction of sp³-hybridized carbons (Fsp3) is 0.217. The van der Waals surface area contributed by atoms with Crippen LogP contribution in [0.5, 0.6) is 11.5 Å². The topological polar surface area (TPSA) is 18.5 Å². The molecule has 0 heterocycles. The van der Waals surface area contributed by atoms with E-state index in [4.69, 9.17) is 9.47 Å². The molecule has 0 aliphatic carbocycles. The highest BCUT2D eigenvalue weighted by Crippen LogP contribution is 2.35. The Bertz CT molecular complexity index is 965. The van der Waals surface area contributed by atoms with Crippen LogP contribution in [0, 0.1) is 5.82 Å². The molecule has 0 radical (unpaired) electrons. The number of alkyl halides is 2. The maximum atomic E-state index is 14.5. The Hall–Kier alpha value is -2.95. The highest BCUT2D eigenvalue weighted by atomic mass is 19.3. The minimum absolute atomic E-state index is 0.379. The lowest BCUT2D eigenvalue weighted by Gasteiger charge is -2.19. The SMILES string of the molecule is C=CCCc1ccc2cc(OC(F)(F)c3ccc(OCC)cc3)c(F)cc2c1. The van der Waals surface area contributed by atoms with Crippen molar-refractivity contribution in [2.24, 2.45) is 0 Å². The molecule has 0 aromatic heterocycles. The molecule has 0 bridgehead atoms. The second-order valence-electron chi connectivity index (χ2n) is 6.37. The van der Waals surface area contributed by atoms with E-state index in [9.17, 15) is 13.2 Å². The third kappa shape index (κ3) is 4.47. The van der Waals surface area contributed by atoms with Crippen LogP contribution in [0.4, 0.5) is 13.2 Å². The summed E-state index contributed by atoms with van der Waals surface area (Å²) in [4.78, 5) is 0. The van der Waals surface area contributed by atoms with E-state index >= 15 is 0 Å². The molecule has 0 saturated carbocycles. The summed E-state index contributed by atoms with van der Waals surface area (Å²) in [6.07, 6.45) is -0.271. The number of allylic oxidation sites excluding steroid dienone is 1. The summed E-state index contributed by atoms with van der Waals surface area (Å²) < 4.78 is 53.4. The minimum Gasteiger partial charge on any atom is -0.494 e. The van der Waals surface area contributed by atoms with Gasteiger partial charge in [0.05, 0.1) is 12.2 Å². The highest BCUT2D eigenvalue weighted by molar-refractivity contribution is 5.84. The van der Waals surface area contributed by atoms with Gasteiger partial charge in [0.25, 0.3) is 0 Å². The number of benzene rings is 3. The summed E-state index contributed by atoms with van der Waals surface area (Å²) in [5, 5.41) is 1.26. The lowest BCUT2D eigenvalue weighted by molar-refractivity contribution is -0.186. The zero-order valence-corrected chi connectivity index (χ0v) is 15.6. The Kier molecular flexibility index (Phi) is 5.93. The zero-order chi connectivity index (χ0) is 20.1. The number of halogens is 3. The summed E-state index contributed by atoms with van der Waals surface area (Å²) >= 11 is 0. The van der Waals surface area contributed by atoms with Gasteiger partial charge in [0.1, 0.15) is 5.75 Å². The fourth-order valence-electron chi connectivity index (χ4n) is 2.91. The molecule has 0 N–H and O–H groups in total. The predicted octanol–water partition coefficient (Wildman–Crippen LogP) is 6.62. The van der Waals surface area contributed by atoms with Crippen LogP contribution in [0.3, 0.4) is 0 Å². The number of hydrogen-bond acceptors (Lipinski definition) is 2. The molecule has 3 aromatic carbocycles. The monoisotopic (exact) mass is 386 g/mol. The molecular formula is C23H21F3O2. The van der Waals surface area contributed by atoms with E-state index in [1.807, 2.05) is 18.2 Å². The Morgan fingerprint density at radius 3 is 2.43 bits per heavy atom. The van der Waals surface area contributed by atoms with Gasteiger partial charge in [-0.15, -0.1) is 6.58 Å². The lowest BCUT2D eigenvalue weighted by atomic mass is 10.0. The molecule has 5 heteroatoms. The molecule has 0 spiro atoms. The van der Waals surface area contributed by atoms with Gasteiger partial charge in [0.15, 0.2) is 11.6 Å². The molecule has 0 fully saturated rings. The van der Waals surface area contributed by atoms with Crippen LogP contribution in [0.2, 0.25) is 0 Å². The van der Waals surface area contributed by atoms with Crippen molar-refractivity contribution in [3.05, 3.63) is 84.2 Å². The van der Waals surface area contributed by atoms with Crippen molar-refractivity contribution >= 4 is 10.8 Å². The van der Waals surface area contributed by atoms with Gasteiger partial charge in [-0.2, -0.15) is 8.78 Å². The Morgan fingerprint density at radius 1 is 1.00 bits per heavy atom. The average Bonchev–Trinajstić information content (AvgIpc) is 2.67. The van der Waals surface area contributed by atoms with Crippen molar-refractivity contribution in [2.45, 2.75) is 25.9 Å². The Balaban J connectivity index is 1.85. The molecule has 3 aromatic rings. The van der Waals surface area contributed by atoms with Crippen LogP contribution in [0.15, 0.2) is 67.3 Å². The first-order chi connectivity index (χ1) is 13.4. The van der Waals surface area contributed by atoms with Gasteiger partial charge >= 0.3 is 6.11 Å². The molecule has 146 valence electrons. The number of fused-ring (bicyclic) bond motifs is 1. The number of hydrogen-bond donors (Lipinski definition) is 0. The highest BCUT2D eigenvalue weighted by Gasteiger charge is 2.35. The maximum Gasteiger partial charge on any atom is 0.426 e. The largest absolute Gasteiger partial charge is 0.494 e. The molecule has 0 aliphatic rings. The van der Waals surface area contributed by atoms with E-state index in [2.05, 4.69) is 6.58 Å². The first-order valence-corrected chi connectivity index (χ1v) is 9.06. The van der Waals surface area contributed by atoms with Crippen LogP contribution >= 0.6 is 0 Å². The van der Waals surface area contributed by atoms with Crippen molar-refractivity contribution < 1.29 is 22.6 Å². The molecule has 2 nitrogen and oxygen atoms in total. The van der Waals surface area contributed by atoms with Crippen molar-refractivity contribution in [3.8, 4) is 11.5 Å². The fourth-order valence-corrected chi connectivity index (χ4v) is 2.91. The molecule has 3 rings (SSSR count). The molecule has 28 heavy (non-hydrogen) atoms. The van der Waals surface area contributed by atoms with Gasteiger partial charge in [-0.3, -0.25) is 0 Å². The standard InChI is InChI=1S/C23H21F3O2/c1-3-5-6-16-7-8-17-15-22(21(24)14-18(17)13-16)28-23(25,26)19-9-11-20(12-10-19)27-4-2/h3,7-15H,1,4-6H2,2H3. The van der Waals surface area contributed by atoms with Crippen LogP contribution < -0.4 is 9.47 Å². The summed E-state index contributed by atoms with van der Waals surface area (Å²) in [5.41, 5.74) is 0.649. The molecule has 0 saturated heterocycles. The molecule has 0 aliphatic heterocycles. The van der Waals surface area contributed by atoms with Gasteiger partial charge in [-0.1, -0.05) is 24.3 Å². The normalized spacial score (nSPS) is 11.4. The quantitative estimate of drug-likeness (QED) is 0.405. The lowest BCUT2D eigenvalue weighted by Crippen LogP contribution is -2.22. The van der Waals surface area contributed by atoms with Gasteiger partial charge in [-0.25, -0.2) is 4.39 Å². The van der Waals surface area contributed by atoms with Crippen LogP contribution in [0.1, 0.15) is 24.5 Å². The van der Waals surface area contributed by atoms with Gasteiger partial charge in [0.2, 0.25) is 0 Å². The van der Waals surface area contributed by atoms with Crippen LogP contribution in [-0.2, 0) is 12.5 Å². The summed E-state index contributed by atoms with van der Waals surface area (Å²) in [6.45, 7) is 5.92. The van der Waals surface area contributed by atoms with Crippen molar-refractivity contribution in [2.75, 3.05) is 6.61 Å². The van der Waals surface area contributed by atoms with Gasteiger partial charge in [0, 0.05) is 0 Å². The van der Waals surface area contributed by atoms with E-state index in [1.165, 1.54) is 36.4 Å².